The van der Waals surface area contributed by atoms with Crippen LogP contribution in [0.4, 0.5) is 0 Å². The molecule has 10 heteroatoms. The number of carbonyl (C=O) groups is 2. The summed E-state index contributed by atoms with van der Waals surface area (Å²) in [6, 6.07) is 0. The molecule has 5 aliphatic rings. The van der Waals surface area contributed by atoms with Crippen LogP contribution in [-0.4, -0.2) is 62.1 Å². The molecule has 1 atom stereocenters. The number of allylic oxidation sites excluding steroid dienone is 7. The molecule has 1 aromatic rings. The van der Waals surface area contributed by atoms with E-state index in [1.807, 2.05) is 19.9 Å². The number of nitrogens with zero attached hydrogens (tertiary/aromatic N) is 3. The van der Waals surface area contributed by atoms with E-state index in [9.17, 15) is 24.9 Å². The largest absolute Gasteiger partial charge is 0.507 e. The number of aliphatic carboxylic acids is 1. The first-order valence-electron chi connectivity index (χ1n) is 14.1. The van der Waals surface area contributed by atoms with Crippen LogP contribution in [0.2, 0.25) is 0 Å². The second-order valence-corrected chi connectivity index (χ2v) is 11.1. The minimum atomic E-state index is -2.66. The lowest BCUT2D eigenvalue weighted by Crippen LogP contribution is -2.43. The van der Waals surface area contributed by atoms with Gasteiger partial charge in [0.2, 0.25) is 5.60 Å². The second-order valence-electron chi connectivity index (χ2n) is 11.1. The number of aliphatic hydroxyl groups is 2. The van der Waals surface area contributed by atoms with Crippen LogP contribution in [0.15, 0.2) is 114 Å². The summed E-state index contributed by atoms with van der Waals surface area (Å²) in [5.41, 5.74) is 4.58. The molecule has 4 aliphatic heterocycles. The summed E-state index contributed by atoms with van der Waals surface area (Å²) < 4.78 is 4.97. The molecule has 0 amide bonds. The summed E-state index contributed by atoms with van der Waals surface area (Å²) in [4.78, 5) is 42.8. The Hall–Kier alpha value is -5.61. The average Bonchev–Trinajstić information content (AvgIpc) is 3.72. The predicted molar refractivity (Wildman–Crippen MR) is 173 cm³/mol. The van der Waals surface area contributed by atoms with E-state index in [2.05, 4.69) is 18.1 Å². The van der Waals surface area contributed by atoms with Crippen molar-refractivity contribution in [2.45, 2.75) is 33.3 Å². The van der Waals surface area contributed by atoms with Gasteiger partial charge in [-0.1, -0.05) is 25.3 Å². The zero-order valence-electron chi connectivity index (χ0n) is 25.4. The van der Waals surface area contributed by atoms with E-state index < -0.39 is 23.3 Å². The van der Waals surface area contributed by atoms with Gasteiger partial charge in [0.1, 0.15) is 0 Å². The number of rotatable bonds is 5. The van der Waals surface area contributed by atoms with Crippen molar-refractivity contribution in [2.75, 3.05) is 7.11 Å². The number of hydrogen-bond acceptors (Lipinski definition) is 8. The van der Waals surface area contributed by atoms with Crippen molar-refractivity contribution in [3.8, 4) is 0 Å². The maximum atomic E-state index is 13.3. The Kier molecular flexibility index (Phi) is 6.71. The molecule has 226 valence electrons. The Balaban J connectivity index is 1.81. The molecule has 1 aromatic heterocycles. The average molecular weight is 603 g/mol. The van der Waals surface area contributed by atoms with Crippen molar-refractivity contribution in [1.29, 1.82) is 0 Å². The highest BCUT2D eigenvalue weighted by molar-refractivity contribution is 6.29. The number of aromatic nitrogens is 1. The van der Waals surface area contributed by atoms with Gasteiger partial charge in [-0.15, -0.1) is 0 Å². The van der Waals surface area contributed by atoms with E-state index >= 15 is 0 Å². The molecule has 1 aliphatic carbocycles. The number of esters is 1. The Bertz CT molecular complexity index is 2170. The summed E-state index contributed by atoms with van der Waals surface area (Å²) in [6.45, 7) is 15.4. The first-order valence-corrected chi connectivity index (χ1v) is 14.1. The van der Waals surface area contributed by atoms with Crippen LogP contribution in [0.5, 0.6) is 0 Å². The van der Waals surface area contributed by atoms with Gasteiger partial charge in [0, 0.05) is 39.1 Å². The fourth-order valence-corrected chi connectivity index (χ4v) is 6.24. The van der Waals surface area contributed by atoms with Crippen LogP contribution in [0.3, 0.4) is 0 Å². The van der Waals surface area contributed by atoms with Crippen molar-refractivity contribution in [1.82, 2.24) is 4.98 Å². The van der Waals surface area contributed by atoms with Gasteiger partial charge in [-0.05, 0) is 74.3 Å². The number of ether oxygens (including phenoxy) is 1. The maximum absolute atomic E-state index is 13.3. The standard InChI is InChI=1S/C35H30N4O6/c1-8-19-15(3)22-12-24-17(5)21(10-11-28(40)41)31(38-24)30-32-29(33(42)35(30,44)34(43)45-7)18(6)25(39-32)14-27-20(9-2)16(4)23(37-27)13-26(19)36-22/h8-14,36,42,44H,1-2H2,3-7H3,(H,40,41)/b11-10-,22-12?,26-13?,27-14?,31-30?/t35-/m0/s1. The fraction of sp³-hybridized carbons (Fsp3) is 0.171. The van der Waals surface area contributed by atoms with Gasteiger partial charge in [0.25, 0.3) is 0 Å². The Morgan fingerprint density at radius 1 is 0.933 bits per heavy atom. The van der Waals surface area contributed by atoms with Gasteiger partial charge in [0.15, 0.2) is 5.76 Å². The molecule has 0 unspecified atom stereocenters. The van der Waals surface area contributed by atoms with Gasteiger partial charge >= 0.3 is 11.9 Å². The Morgan fingerprint density at radius 3 is 2.24 bits per heavy atom. The van der Waals surface area contributed by atoms with Crippen LogP contribution in [0.25, 0.3) is 18.2 Å². The molecule has 0 radical (unpaired) electrons. The highest BCUT2D eigenvalue weighted by Gasteiger charge is 2.58. The number of hydrogen-bond donors (Lipinski definition) is 4. The van der Waals surface area contributed by atoms with Gasteiger partial charge in [-0.2, -0.15) is 0 Å². The van der Waals surface area contributed by atoms with E-state index in [0.717, 1.165) is 40.8 Å². The molecule has 5 heterocycles. The molecule has 0 saturated carbocycles. The lowest BCUT2D eigenvalue weighted by atomic mass is 9.90. The Morgan fingerprint density at radius 2 is 1.60 bits per heavy atom. The number of aliphatic imine (C=N–C) groups is 3. The first kappa shape index (κ1) is 29.5. The van der Waals surface area contributed by atoms with Crippen molar-refractivity contribution in [3.63, 3.8) is 0 Å². The van der Waals surface area contributed by atoms with Crippen LogP contribution in [-0.2, 0) is 14.3 Å². The van der Waals surface area contributed by atoms with Gasteiger partial charge < -0.3 is 25.0 Å². The van der Waals surface area contributed by atoms with Crippen LogP contribution < -0.4 is 10.7 Å². The topological polar surface area (TPSA) is 157 Å². The first-order chi connectivity index (χ1) is 21.4. The lowest BCUT2D eigenvalue weighted by Gasteiger charge is -2.23. The van der Waals surface area contributed by atoms with E-state index in [-0.39, 0.29) is 22.6 Å². The highest BCUT2D eigenvalue weighted by atomic mass is 16.5. The van der Waals surface area contributed by atoms with E-state index in [0.29, 0.717) is 44.9 Å². The third-order valence-electron chi connectivity index (χ3n) is 8.71. The summed E-state index contributed by atoms with van der Waals surface area (Å²) in [7, 11) is 1.10. The summed E-state index contributed by atoms with van der Waals surface area (Å²) in [5.74, 6) is -3.01. The summed E-state index contributed by atoms with van der Waals surface area (Å²) in [6.07, 6.45) is 11.3. The molecule has 8 bridgehead atoms. The van der Waals surface area contributed by atoms with Crippen molar-refractivity contribution in [2.24, 2.45) is 15.0 Å². The Labute approximate surface area is 258 Å². The molecule has 0 fully saturated rings. The molecular weight excluding hydrogens is 572 g/mol. The zero-order valence-corrected chi connectivity index (χ0v) is 25.4. The van der Waals surface area contributed by atoms with Gasteiger partial charge in [-0.3, -0.25) is 0 Å². The second kappa shape index (κ2) is 10.2. The smallest absolute Gasteiger partial charge is 0.350 e. The number of carboxylic acid groups (broad SMARTS) is 1. The van der Waals surface area contributed by atoms with Gasteiger partial charge in [0.05, 0.1) is 46.9 Å². The minimum absolute atomic E-state index is 0.0712. The number of methoxy groups -OCH3 is 1. The monoisotopic (exact) mass is 602 g/mol. The van der Waals surface area contributed by atoms with Crippen LogP contribution >= 0.6 is 0 Å². The molecule has 10 nitrogen and oxygen atoms in total. The van der Waals surface area contributed by atoms with E-state index in [4.69, 9.17) is 19.7 Å². The lowest BCUT2D eigenvalue weighted by molar-refractivity contribution is -0.156. The van der Waals surface area contributed by atoms with E-state index in [1.54, 1.807) is 38.2 Å². The summed E-state index contributed by atoms with van der Waals surface area (Å²) >= 11 is 0. The van der Waals surface area contributed by atoms with Crippen molar-refractivity contribution in [3.05, 3.63) is 121 Å². The molecule has 0 spiro atoms. The van der Waals surface area contributed by atoms with Crippen molar-refractivity contribution < 1.29 is 29.6 Å². The SMILES string of the molecule is C=CC1=C(C)C2=NC1=CC1=C(C)C3=C(O)[C@](O)(C(=O)OC)C(=C4N=C(C=c5[nH]c(c(C=C)c5C)=C2)C(C)=C4/C=C\C(=O)O)C3=N1. The summed E-state index contributed by atoms with van der Waals surface area (Å²) in [5, 5.41) is 34.5. The number of nitrogens with one attached hydrogen (secondary N) is 1. The van der Waals surface area contributed by atoms with Crippen LogP contribution in [0.1, 0.15) is 31.9 Å². The molecule has 4 N–H and O–H groups in total. The number of aromatic amines is 1. The van der Waals surface area contributed by atoms with Crippen molar-refractivity contribution >= 4 is 47.3 Å². The molecule has 45 heavy (non-hydrogen) atoms. The number of fused-ring (bicyclic) bond motifs is 5. The molecule has 0 saturated heterocycles. The number of H-pyrrole nitrogens is 1. The number of carbonyl (C=O) groups excluding carboxylic acids is 1. The maximum Gasteiger partial charge on any atom is 0.350 e. The highest BCUT2D eigenvalue weighted by Crippen LogP contribution is 2.49. The predicted octanol–water partition coefficient (Wildman–Crippen LogP) is 3.51. The quantitative estimate of drug-likeness (QED) is 0.299. The fourth-order valence-electron chi connectivity index (χ4n) is 6.24. The number of carboxylic acids is 1. The number of aliphatic hydroxyl groups excluding tert-OH is 1. The molecular formula is C35H30N4O6. The minimum Gasteiger partial charge on any atom is -0.507 e. The van der Waals surface area contributed by atoms with Crippen LogP contribution in [0, 0.1) is 6.92 Å². The zero-order chi connectivity index (χ0) is 32.5. The molecule has 6 rings (SSSR count). The molecule has 0 aromatic carbocycles. The third-order valence-corrected chi connectivity index (χ3v) is 8.71. The normalized spacial score (nSPS) is 22.1. The van der Waals surface area contributed by atoms with Gasteiger partial charge in [-0.25, -0.2) is 24.6 Å². The third kappa shape index (κ3) is 4.10. The van der Waals surface area contributed by atoms with E-state index in [1.165, 1.54) is 6.08 Å².